The van der Waals surface area contributed by atoms with Crippen molar-refractivity contribution in [2.24, 2.45) is 5.92 Å². The van der Waals surface area contributed by atoms with Gasteiger partial charge in [0.2, 0.25) is 11.8 Å². The summed E-state index contributed by atoms with van der Waals surface area (Å²) in [6.45, 7) is 6.92. The SMILES string of the molecule is CCc1nnc(CSc2nc3ccccc3c(=O)n2CCC(C)C)o1. The number of hydrogen-bond acceptors (Lipinski definition) is 6. The number of aryl methyl sites for hydroxylation is 1. The van der Waals surface area contributed by atoms with E-state index in [4.69, 9.17) is 9.40 Å². The highest BCUT2D eigenvalue weighted by molar-refractivity contribution is 7.98. The molecule has 2 heterocycles. The fourth-order valence-electron chi connectivity index (χ4n) is 2.46. The van der Waals surface area contributed by atoms with Crippen LogP contribution in [0.5, 0.6) is 0 Å². The Bertz CT molecular complexity index is 917. The third kappa shape index (κ3) is 4.10. The summed E-state index contributed by atoms with van der Waals surface area (Å²) >= 11 is 1.46. The molecule has 0 atom stereocenters. The van der Waals surface area contributed by atoms with E-state index < -0.39 is 0 Å². The van der Waals surface area contributed by atoms with Gasteiger partial charge in [-0.15, -0.1) is 10.2 Å². The molecular formula is C18H22N4O2S. The monoisotopic (exact) mass is 358 g/mol. The zero-order valence-electron chi connectivity index (χ0n) is 14.7. The van der Waals surface area contributed by atoms with E-state index in [1.807, 2.05) is 31.2 Å². The van der Waals surface area contributed by atoms with Gasteiger partial charge in [0.15, 0.2) is 5.16 Å². The summed E-state index contributed by atoms with van der Waals surface area (Å²) < 4.78 is 7.32. The first-order valence-corrected chi connectivity index (χ1v) is 9.50. The number of nitrogens with zero attached hydrogens (tertiary/aromatic N) is 4. The number of benzene rings is 1. The summed E-state index contributed by atoms with van der Waals surface area (Å²) in [5.74, 6) is 2.19. The Labute approximate surface area is 150 Å². The average molecular weight is 358 g/mol. The van der Waals surface area contributed by atoms with Crippen LogP contribution in [0.4, 0.5) is 0 Å². The standard InChI is InChI=1S/C18H22N4O2S/c1-4-15-20-21-16(24-15)11-25-18-19-14-8-6-5-7-13(14)17(23)22(18)10-9-12(2)3/h5-8,12H,4,9-11H2,1-3H3. The van der Waals surface area contributed by atoms with Gasteiger partial charge in [-0.05, 0) is 24.5 Å². The molecule has 0 radical (unpaired) electrons. The minimum atomic E-state index is 0.00789. The maximum atomic E-state index is 12.9. The van der Waals surface area contributed by atoms with Crippen LogP contribution in [0.2, 0.25) is 0 Å². The van der Waals surface area contributed by atoms with Crippen LogP contribution in [0, 0.1) is 5.92 Å². The zero-order valence-corrected chi connectivity index (χ0v) is 15.5. The first-order valence-electron chi connectivity index (χ1n) is 8.52. The fraction of sp³-hybridized carbons (Fsp3) is 0.444. The van der Waals surface area contributed by atoms with Gasteiger partial charge in [0.25, 0.3) is 5.56 Å². The number of rotatable bonds is 7. The van der Waals surface area contributed by atoms with Crippen molar-refractivity contribution in [3.05, 3.63) is 46.4 Å². The van der Waals surface area contributed by atoms with Crippen LogP contribution in [0.1, 0.15) is 39.0 Å². The molecule has 0 fully saturated rings. The smallest absolute Gasteiger partial charge is 0.262 e. The highest BCUT2D eigenvalue weighted by Gasteiger charge is 2.14. The Morgan fingerprint density at radius 2 is 1.96 bits per heavy atom. The Kier molecular flexibility index (Phi) is 5.53. The van der Waals surface area contributed by atoms with Gasteiger partial charge < -0.3 is 4.42 Å². The molecule has 6 nitrogen and oxygen atoms in total. The molecule has 0 aliphatic heterocycles. The van der Waals surface area contributed by atoms with Crippen LogP contribution in [0.3, 0.4) is 0 Å². The molecule has 0 saturated heterocycles. The van der Waals surface area contributed by atoms with Crippen LogP contribution in [0.15, 0.2) is 38.6 Å². The van der Waals surface area contributed by atoms with Gasteiger partial charge in [-0.2, -0.15) is 0 Å². The van der Waals surface area contributed by atoms with Gasteiger partial charge in [0.05, 0.1) is 16.7 Å². The molecule has 0 N–H and O–H groups in total. The summed E-state index contributed by atoms with van der Waals surface area (Å²) in [5.41, 5.74) is 0.726. The average Bonchev–Trinajstić information content (AvgIpc) is 3.07. The maximum absolute atomic E-state index is 12.9. The summed E-state index contributed by atoms with van der Waals surface area (Å²) in [7, 11) is 0. The van der Waals surface area contributed by atoms with Crippen molar-refractivity contribution in [3.63, 3.8) is 0 Å². The highest BCUT2D eigenvalue weighted by Crippen LogP contribution is 2.22. The molecule has 25 heavy (non-hydrogen) atoms. The van der Waals surface area contributed by atoms with Crippen molar-refractivity contribution >= 4 is 22.7 Å². The van der Waals surface area contributed by atoms with Crippen LogP contribution in [-0.4, -0.2) is 19.7 Å². The van der Waals surface area contributed by atoms with E-state index in [-0.39, 0.29) is 5.56 Å². The van der Waals surface area contributed by atoms with Crippen molar-refractivity contribution in [3.8, 4) is 0 Å². The lowest BCUT2D eigenvalue weighted by molar-refractivity contribution is 0.468. The lowest BCUT2D eigenvalue weighted by Gasteiger charge is -2.13. The fourth-order valence-corrected chi connectivity index (χ4v) is 3.32. The third-order valence-electron chi connectivity index (χ3n) is 3.89. The predicted octanol–water partition coefficient (Wildman–Crippen LogP) is 3.68. The number of fused-ring (bicyclic) bond motifs is 1. The molecule has 1 aromatic carbocycles. The molecule has 3 aromatic rings. The van der Waals surface area contributed by atoms with E-state index in [2.05, 4.69) is 24.0 Å². The van der Waals surface area contributed by atoms with E-state index in [1.54, 1.807) is 4.57 Å². The number of hydrogen-bond donors (Lipinski definition) is 0. The van der Waals surface area contributed by atoms with Gasteiger partial charge in [-0.3, -0.25) is 9.36 Å². The molecule has 7 heteroatoms. The quantitative estimate of drug-likeness (QED) is 0.474. The lowest BCUT2D eigenvalue weighted by atomic mass is 10.1. The first kappa shape index (κ1) is 17.7. The van der Waals surface area contributed by atoms with Gasteiger partial charge in [0.1, 0.15) is 0 Å². The second-order valence-electron chi connectivity index (χ2n) is 6.28. The molecule has 0 saturated carbocycles. The number of aromatic nitrogens is 4. The van der Waals surface area contributed by atoms with Crippen LogP contribution in [0.25, 0.3) is 10.9 Å². The summed E-state index contributed by atoms with van der Waals surface area (Å²) in [6, 6.07) is 7.47. The Morgan fingerprint density at radius 1 is 1.20 bits per heavy atom. The third-order valence-corrected chi connectivity index (χ3v) is 4.85. The van der Waals surface area contributed by atoms with Crippen molar-refractivity contribution < 1.29 is 4.42 Å². The predicted molar refractivity (Wildman–Crippen MR) is 98.7 cm³/mol. The molecule has 2 aromatic heterocycles. The van der Waals surface area contributed by atoms with Crippen molar-refractivity contribution in [1.29, 1.82) is 0 Å². The van der Waals surface area contributed by atoms with Gasteiger partial charge in [0, 0.05) is 13.0 Å². The van der Waals surface area contributed by atoms with Crippen LogP contribution >= 0.6 is 11.8 Å². The van der Waals surface area contributed by atoms with Crippen molar-refractivity contribution in [2.75, 3.05) is 0 Å². The largest absolute Gasteiger partial charge is 0.424 e. The number of thioether (sulfide) groups is 1. The maximum Gasteiger partial charge on any atom is 0.262 e. The Balaban J connectivity index is 1.93. The normalized spacial score (nSPS) is 11.5. The molecule has 3 rings (SSSR count). The van der Waals surface area contributed by atoms with Crippen LogP contribution in [-0.2, 0) is 18.7 Å². The first-order chi connectivity index (χ1) is 12.1. The topological polar surface area (TPSA) is 73.8 Å². The zero-order chi connectivity index (χ0) is 17.8. The lowest BCUT2D eigenvalue weighted by Crippen LogP contribution is -2.24. The summed E-state index contributed by atoms with van der Waals surface area (Å²) in [6.07, 6.45) is 1.64. The second kappa shape index (κ2) is 7.82. The van der Waals surface area contributed by atoms with E-state index in [1.165, 1.54) is 11.8 Å². The Hall–Kier alpha value is -2.15. The molecule has 0 aliphatic rings. The van der Waals surface area contributed by atoms with E-state index >= 15 is 0 Å². The van der Waals surface area contributed by atoms with Crippen molar-refractivity contribution in [2.45, 2.75) is 51.1 Å². The second-order valence-corrected chi connectivity index (χ2v) is 7.23. The molecule has 0 unspecified atom stereocenters. The minimum absolute atomic E-state index is 0.00789. The van der Waals surface area contributed by atoms with E-state index in [0.29, 0.717) is 47.0 Å². The van der Waals surface area contributed by atoms with Crippen LogP contribution < -0.4 is 5.56 Å². The molecular weight excluding hydrogens is 336 g/mol. The molecule has 0 amide bonds. The molecule has 132 valence electrons. The van der Waals surface area contributed by atoms with Gasteiger partial charge >= 0.3 is 0 Å². The molecule has 0 aliphatic carbocycles. The minimum Gasteiger partial charge on any atom is -0.424 e. The molecule has 0 spiro atoms. The summed E-state index contributed by atoms with van der Waals surface area (Å²) in [5, 5.41) is 9.36. The molecule has 0 bridgehead atoms. The summed E-state index contributed by atoms with van der Waals surface area (Å²) in [4.78, 5) is 17.6. The Morgan fingerprint density at radius 3 is 2.68 bits per heavy atom. The number of para-hydroxylation sites is 1. The highest BCUT2D eigenvalue weighted by atomic mass is 32.2. The van der Waals surface area contributed by atoms with Gasteiger partial charge in [-0.25, -0.2) is 4.98 Å². The van der Waals surface area contributed by atoms with E-state index in [9.17, 15) is 4.79 Å². The van der Waals surface area contributed by atoms with Gasteiger partial charge in [-0.1, -0.05) is 44.7 Å². The van der Waals surface area contributed by atoms with Crippen molar-refractivity contribution in [1.82, 2.24) is 19.7 Å². The van der Waals surface area contributed by atoms with E-state index in [0.717, 1.165) is 11.9 Å².